The Labute approximate surface area is 271 Å². The van der Waals surface area contributed by atoms with E-state index in [4.69, 9.17) is 21.3 Å². The largest absolute Gasteiger partial charge is 0.489 e. The number of thiazole rings is 2. The van der Waals surface area contributed by atoms with Crippen LogP contribution in [0.25, 0.3) is 22.3 Å². The highest BCUT2D eigenvalue weighted by Crippen LogP contribution is 2.31. The van der Waals surface area contributed by atoms with Gasteiger partial charge in [0.1, 0.15) is 26.7 Å². The molecule has 7 rings (SSSR count). The van der Waals surface area contributed by atoms with Crippen molar-refractivity contribution < 1.29 is 8.95 Å². The smallest absolute Gasteiger partial charge is 0.262 e. The van der Waals surface area contributed by atoms with E-state index < -0.39 is 9.52 Å². The van der Waals surface area contributed by atoms with E-state index in [-0.39, 0.29) is 34.5 Å². The first-order valence-electron chi connectivity index (χ1n) is 13.8. The lowest BCUT2D eigenvalue weighted by molar-refractivity contribution is 0.223. The Bertz CT molecular complexity index is 2150. The third-order valence-corrected chi connectivity index (χ3v) is 11.7. The number of fused-ring (bicyclic) bond motifs is 1. The number of ether oxygens (including phenoxy) is 1. The number of rotatable bonds is 9. The van der Waals surface area contributed by atoms with Crippen molar-refractivity contribution in [1.29, 1.82) is 0 Å². The van der Waals surface area contributed by atoms with E-state index in [1.807, 2.05) is 29.6 Å². The van der Waals surface area contributed by atoms with Gasteiger partial charge in [0.15, 0.2) is 0 Å². The van der Waals surface area contributed by atoms with Crippen LogP contribution in [0.4, 0.5) is 11.6 Å². The minimum Gasteiger partial charge on any atom is -0.489 e. The maximum Gasteiger partial charge on any atom is 0.262 e. The second kappa shape index (κ2) is 12.3. The molecule has 1 aliphatic rings. The normalized spacial score (nSPS) is 16.1. The van der Waals surface area contributed by atoms with E-state index in [0.29, 0.717) is 26.1 Å². The highest BCUT2D eigenvalue weighted by Gasteiger charge is 2.21. The summed E-state index contributed by atoms with van der Waals surface area (Å²) in [6, 6.07) is 10.8. The van der Waals surface area contributed by atoms with E-state index in [1.165, 1.54) is 45.7 Å². The van der Waals surface area contributed by atoms with Gasteiger partial charge in [-0.3, -0.25) is 23.5 Å². The number of pyridine rings is 2. The molecule has 0 aliphatic carbocycles. The number of nitrogens with zero attached hydrogens (tertiary/aromatic N) is 6. The van der Waals surface area contributed by atoms with Crippen molar-refractivity contribution in [3.8, 4) is 17.0 Å². The van der Waals surface area contributed by atoms with E-state index >= 15 is 0 Å². The molecule has 45 heavy (non-hydrogen) atoms. The summed E-state index contributed by atoms with van der Waals surface area (Å²) in [6.45, 7) is 1.99. The van der Waals surface area contributed by atoms with Crippen LogP contribution in [0.2, 0.25) is 5.02 Å². The Morgan fingerprint density at radius 2 is 2.00 bits per heavy atom. The monoisotopic (exact) mass is 676 g/mol. The fourth-order valence-electron chi connectivity index (χ4n) is 4.95. The zero-order chi connectivity index (χ0) is 31.0. The molecule has 2 atom stereocenters. The maximum absolute atomic E-state index is 14.0. The zero-order valence-corrected chi connectivity index (χ0v) is 26.8. The van der Waals surface area contributed by atoms with Gasteiger partial charge in [-0.2, -0.15) is 4.98 Å². The Morgan fingerprint density at radius 3 is 2.71 bits per heavy atom. The van der Waals surface area contributed by atoms with Crippen molar-refractivity contribution in [2.45, 2.75) is 28.2 Å². The highest BCUT2D eigenvalue weighted by molar-refractivity contribution is 8.02. The number of hydrogen-bond acceptors (Lipinski definition) is 12. The molecule has 1 saturated heterocycles. The van der Waals surface area contributed by atoms with Crippen LogP contribution in [0.1, 0.15) is 11.4 Å². The van der Waals surface area contributed by atoms with Gasteiger partial charge in [0, 0.05) is 51.1 Å². The molecule has 1 aromatic carbocycles. The molecule has 2 unspecified atom stereocenters. The predicted molar refractivity (Wildman–Crippen MR) is 179 cm³/mol. The van der Waals surface area contributed by atoms with Crippen molar-refractivity contribution in [1.82, 2.24) is 34.8 Å². The van der Waals surface area contributed by atoms with Crippen LogP contribution in [0.5, 0.6) is 5.75 Å². The fourth-order valence-corrected chi connectivity index (χ4v) is 8.27. The molecule has 1 aliphatic heterocycles. The van der Waals surface area contributed by atoms with Gasteiger partial charge in [-0.05, 0) is 55.2 Å². The molecule has 0 bridgehead atoms. The second-order valence-corrected chi connectivity index (χ2v) is 15.0. The van der Waals surface area contributed by atoms with Gasteiger partial charge >= 0.3 is 0 Å². The summed E-state index contributed by atoms with van der Waals surface area (Å²) >= 11 is 9.36. The van der Waals surface area contributed by atoms with Crippen LogP contribution in [-0.4, -0.2) is 58.8 Å². The summed E-state index contributed by atoms with van der Waals surface area (Å²) in [5.74, 6) is 5.02. The van der Waals surface area contributed by atoms with Crippen LogP contribution < -0.4 is 20.9 Å². The van der Waals surface area contributed by atoms with Gasteiger partial charge < -0.3 is 15.4 Å². The summed E-state index contributed by atoms with van der Waals surface area (Å²) in [6.07, 6.45) is 7.44. The first-order valence-corrected chi connectivity index (χ1v) is 17.7. The minimum atomic E-state index is -2.86. The van der Waals surface area contributed by atoms with Gasteiger partial charge in [0.25, 0.3) is 5.56 Å². The van der Waals surface area contributed by atoms with Gasteiger partial charge in [-0.25, -0.2) is 9.97 Å². The molecule has 0 amide bonds. The lowest BCUT2D eigenvalue weighted by Gasteiger charge is -2.14. The van der Waals surface area contributed by atoms with Gasteiger partial charge in [0.2, 0.25) is 5.95 Å². The van der Waals surface area contributed by atoms with Crippen molar-refractivity contribution >= 4 is 72.3 Å². The minimum absolute atomic E-state index is 0.168. The second-order valence-electron chi connectivity index (χ2n) is 10.2. The van der Waals surface area contributed by atoms with Gasteiger partial charge in [-0.1, -0.05) is 11.6 Å². The van der Waals surface area contributed by atoms with Crippen LogP contribution in [0.3, 0.4) is 0 Å². The molecule has 11 nitrogen and oxygen atoms in total. The first-order chi connectivity index (χ1) is 21.8. The zero-order valence-electron chi connectivity index (χ0n) is 23.6. The van der Waals surface area contributed by atoms with Crippen LogP contribution in [0.15, 0.2) is 86.0 Å². The summed E-state index contributed by atoms with van der Waals surface area (Å²) in [5, 5.41) is 9.87. The van der Waals surface area contributed by atoms with Crippen LogP contribution >= 0.6 is 34.3 Å². The first kappa shape index (κ1) is 29.5. The van der Waals surface area contributed by atoms with E-state index in [1.54, 1.807) is 24.0 Å². The number of halogens is 1. The Morgan fingerprint density at radius 1 is 1.13 bits per heavy atom. The lowest BCUT2D eigenvalue weighted by Crippen LogP contribution is -2.24. The third-order valence-electron chi connectivity index (χ3n) is 7.22. The summed E-state index contributed by atoms with van der Waals surface area (Å²) < 4.78 is 21.5. The van der Waals surface area contributed by atoms with Crippen LogP contribution in [0, 0.1) is 0 Å². The molecule has 0 spiro atoms. The quantitative estimate of drug-likeness (QED) is 0.199. The molecule has 0 radical (unpaired) electrons. The molecule has 6 aromatic rings. The average molecular weight is 677 g/mol. The molecular formula is C30H25ClN8O3S3. The SMILES string of the molecule is C=S(=O)(c1cnc(-c2cc3cnc(Nc4ccc(OC5CCNC5)cc4)nc3n(Cc3nccs3)c2=O)c(Cl)c1)c1cncs1. The summed E-state index contributed by atoms with van der Waals surface area (Å²) in [5.41, 5.74) is 2.92. The molecule has 1 fully saturated rings. The Balaban J connectivity index is 1.24. The molecular weight excluding hydrogens is 652 g/mol. The highest BCUT2D eigenvalue weighted by atomic mass is 35.5. The fraction of sp³-hybridized carbons (Fsp3) is 0.167. The number of nitrogens with one attached hydrogen (secondary N) is 2. The number of anilines is 2. The topological polar surface area (TPSA) is 137 Å². The molecule has 6 heterocycles. The van der Waals surface area contributed by atoms with Crippen molar-refractivity contribution in [3.63, 3.8) is 0 Å². The number of benzene rings is 1. The predicted octanol–water partition coefficient (Wildman–Crippen LogP) is 5.09. The summed E-state index contributed by atoms with van der Waals surface area (Å²) in [4.78, 5) is 36.5. The van der Waals surface area contributed by atoms with Crippen molar-refractivity contribution in [2.75, 3.05) is 18.4 Å². The molecule has 0 saturated carbocycles. The Hall–Kier alpha value is -4.21. The van der Waals surface area contributed by atoms with Gasteiger partial charge in [0.05, 0.1) is 39.4 Å². The standard InChI is InChI=1S/C30H25ClN8O3S3/c1-45(41,26-15-33-17-44-26)22-11-24(31)27(35-14-22)23-10-18-12-36-30(38-28(18)39(29(23)40)16-25-34-8-9-43-25)37-19-2-4-20(5-3-19)42-21-6-7-32-13-21/h2-5,8-12,14-15,17,21,32H,1,6-7,13,16H2,(H,36,37,38). The summed E-state index contributed by atoms with van der Waals surface area (Å²) in [7, 11) is -2.86. The van der Waals surface area contributed by atoms with E-state index in [2.05, 4.69) is 36.4 Å². The molecule has 5 aromatic heterocycles. The average Bonchev–Trinajstić information content (AvgIpc) is 3.85. The number of aromatic nitrogens is 6. The van der Waals surface area contributed by atoms with Crippen molar-refractivity contribution in [3.05, 3.63) is 92.5 Å². The van der Waals surface area contributed by atoms with Gasteiger partial charge in [-0.15, -0.1) is 22.7 Å². The third kappa shape index (κ3) is 6.07. The van der Waals surface area contributed by atoms with Crippen molar-refractivity contribution in [2.24, 2.45) is 0 Å². The molecule has 2 N–H and O–H groups in total. The Kier molecular flexibility index (Phi) is 8.06. The molecule has 228 valence electrons. The lowest BCUT2D eigenvalue weighted by atomic mass is 10.1. The van der Waals surface area contributed by atoms with E-state index in [0.717, 1.165) is 36.0 Å². The van der Waals surface area contributed by atoms with Crippen LogP contribution in [-0.2, 0) is 16.1 Å². The maximum atomic E-state index is 14.0. The van der Waals surface area contributed by atoms with E-state index in [9.17, 15) is 9.00 Å². The molecule has 15 heteroatoms. The number of hydrogen-bond donors (Lipinski definition) is 2.